The number of halogens is 4. The van der Waals surface area contributed by atoms with Crippen LogP contribution in [0, 0.1) is 0 Å². The van der Waals surface area contributed by atoms with Gasteiger partial charge in [-0.2, -0.15) is 13.2 Å². The predicted octanol–water partition coefficient (Wildman–Crippen LogP) is 2.84. The lowest BCUT2D eigenvalue weighted by Gasteiger charge is -2.15. The van der Waals surface area contributed by atoms with Crippen LogP contribution in [0.1, 0.15) is 5.56 Å². The van der Waals surface area contributed by atoms with Gasteiger partial charge >= 0.3 is 6.18 Å². The second-order valence-electron chi connectivity index (χ2n) is 3.78. The van der Waals surface area contributed by atoms with E-state index < -0.39 is 11.7 Å². The fourth-order valence-electron chi connectivity index (χ4n) is 1.19. The first-order chi connectivity index (χ1) is 7.80. The van der Waals surface area contributed by atoms with E-state index in [9.17, 15) is 13.2 Å². The summed E-state index contributed by atoms with van der Waals surface area (Å²) in [6.45, 7) is 1.04. The molecule has 0 bridgehead atoms. The minimum absolute atomic E-state index is 0.137. The number of rotatable bonds is 4. The minimum atomic E-state index is -4.41. The average Bonchev–Trinajstić information content (AvgIpc) is 2.18. The average molecular weight is 312 g/mol. The number of likely N-dealkylation sites (N-methyl/N-ethyl adjacent to an activating group) is 1. The Bertz CT molecular complexity index is 380. The summed E-state index contributed by atoms with van der Waals surface area (Å²) in [5.74, 6) is -0.137. The Morgan fingerprint density at radius 2 is 2.06 bits per heavy atom. The molecule has 1 heterocycles. The third-order valence-corrected chi connectivity index (χ3v) is 2.44. The molecule has 0 radical (unpaired) electrons. The summed E-state index contributed by atoms with van der Waals surface area (Å²) in [5, 5.41) is 2.68. The second-order valence-corrected chi connectivity index (χ2v) is 4.69. The molecular weight excluding hydrogens is 299 g/mol. The highest BCUT2D eigenvalue weighted by atomic mass is 79.9. The van der Waals surface area contributed by atoms with Gasteiger partial charge in [0, 0.05) is 23.8 Å². The van der Waals surface area contributed by atoms with Crippen molar-refractivity contribution in [2.24, 2.45) is 0 Å². The summed E-state index contributed by atoms with van der Waals surface area (Å²) in [5.41, 5.74) is -0.759. The number of aromatic nitrogens is 1. The van der Waals surface area contributed by atoms with Crippen molar-refractivity contribution in [1.82, 2.24) is 9.88 Å². The van der Waals surface area contributed by atoms with Gasteiger partial charge in [0.1, 0.15) is 5.82 Å². The molecule has 1 N–H and O–H groups in total. The largest absolute Gasteiger partial charge is 0.419 e. The Kier molecular flexibility index (Phi) is 4.76. The van der Waals surface area contributed by atoms with E-state index in [0.717, 1.165) is 6.07 Å². The molecule has 0 saturated carbocycles. The lowest BCUT2D eigenvalue weighted by atomic mass is 10.2. The van der Waals surface area contributed by atoms with Crippen molar-refractivity contribution < 1.29 is 13.2 Å². The highest BCUT2D eigenvalue weighted by Crippen LogP contribution is 2.35. The summed E-state index contributed by atoms with van der Waals surface area (Å²) >= 11 is 2.98. The summed E-state index contributed by atoms with van der Waals surface area (Å²) < 4.78 is 38.4. The van der Waals surface area contributed by atoms with Crippen LogP contribution in [-0.2, 0) is 6.18 Å². The maximum absolute atomic E-state index is 12.7. The fraction of sp³-hybridized carbons (Fsp3) is 0.500. The maximum atomic E-state index is 12.7. The van der Waals surface area contributed by atoms with Crippen molar-refractivity contribution in [2.45, 2.75) is 6.18 Å². The lowest BCUT2D eigenvalue weighted by molar-refractivity contribution is -0.137. The van der Waals surface area contributed by atoms with E-state index in [0.29, 0.717) is 17.6 Å². The van der Waals surface area contributed by atoms with Gasteiger partial charge in [-0.05, 0) is 36.1 Å². The molecule has 17 heavy (non-hydrogen) atoms. The van der Waals surface area contributed by atoms with Gasteiger partial charge in [0.15, 0.2) is 0 Å². The van der Waals surface area contributed by atoms with Crippen molar-refractivity contribution in [3.8, 4) is 0 Å². The molecule has 0 aliphatic rings. The summed E-state index contributed by atoms with van der Waals surface area (Å²) in [6.07, 6.45) is -3.07. The van der Waals surface area contributed by atoms with E-state index in [-0.39, 0.29) is 5.82 Å². The molecule has 0 spiro atoms. The Morgan fingerprint density at radius 1 is 1.41 bits per heavy atom. The van der Waals surface area contributed by atoms with Crippen molar-refractivity contribution in [2.75, 3.05) is 32.5 Å². The molecule has 0 aromatic carbocycles. The standard InChI is InChI=1S/C10H13BrF3N3/c1-17(2)4-3-15-9-8(10(12,13)14)5-7(11)6-16-9/h5-6H,3-4H2,1-2H3,(H,15,16). The predicted molar refractivity (Wildman–Crippen MR) is 64.0 cm³/mol. The first-order valence-corrected chi connectivity index (χ1v) is 5.71. The SMILES string of the molecule is CN(C)CCNc1ncc(Br)cc1C(F)(F)F. The number of alkyl halides is 3. The van der Waals surface area contributed by atoms with Crippen LogP contribution in [0.4, 0.5) is 19.0 Å². The molecule has 0 aliphatic heterocycles. The molecule has 0 atom stereocenters. The number of pyridine rings is 1. The first kappa shape index (κ1) is 14.2. The minimum Gasteiger partial charge on any atom is -0.368 e. The Labute approximate surface area is 106 Å². The van der Waals surface area contributed by atoms with Crippen LogP contribution in [0.15, 0.2) is 16.7 Å². The van der Waals surface area contributed by atoms with Crippen LogP contribution in [0.2, 0.25) is 0 Å². The molecule has 0 saturated heterocycles. The monoisotopic (exact) mass is 311 g/mol. The van der Waals surface area contributed by atoms with Crippen LogP contribution < -0.4 is 5.32 Å². The molecule has 3 nitrogen and oxygen atoms in total. The maximum Gasteiger partial charge on any atom is 0.419 e. The fourth-order valence-corrected chi connectivity index (χ4v) is 1.53. The number of hydrogen-bond acceptors (Lipinski definition) is 3. The second kappa shape index (κ2) is 5.68. The molecule has 96 valence electrons. The van der Waals surface area contributed by atoms with Gasteiger partial charge in [0.2, 0.25) is 0 Å². The zero-order chi connectivity index (χ0) is 13.1. The highest BCUT2D eigenvalue weighted by molar-refractivity contribution is 9.10. The zero-order valence-corrected chi connectivity index (χ0v) is 11.1. The molecule has 0 fully saturated rings. The number of hydrogen-bond donors (Lipinski definition) is 1. The zero-order valence-electron chi connectivity index (χ0n) is 9.48. The van der Waals surface area contributed by atoms with Crippen LogP contribution in [0.3, 0.4) is 0 Å². The summed E-state index contributed by atoms with van der Waals surface area (Å²) in [7, 11) is 3.70. The van der Waals surface area contributed by atoms with Gasteiger partial charge in [-0.25, -0.2) is 4.98 Å². The Balaban J connectivity index is 2.84. The summed E-state index contributed by atoms with van der Waals surface area (Å²) in [6, 6.07) is 1.02. The first-order valence-electron chi connectivity index (χ1n) is 4.92. The van der Waals surface area contributed by atoms with Crippen LogP contribution >= 0.6 is 15.9 Å². The van der Waals surface area contributed by atoms with Crippen molar-refractivity contribution in [3.05, 3.63) is 22.3 Å². The van der Waals surface area contributed by atoms with Gasteiger partial charge in [0.05, 0.1) is 5.56 Å². The Morgan fingerprint density at radius 3 is 2.59 bits per heavy atom. The molecular formula is C10H13BrF3N3. The quantitative estimate of drug-likeness (QED) is 0.927. The highest BCUT2D eigenvalue weighted by Gasteiger charge is 2.34. The third kappa shape index (κ3) is 4.51. The van der Waals surface area contributed by atoms with Crippen molar-refractivity contribution in [3.63, 3.8) is 0 Å². The van der Waals surface area contributed by atoms with Crippen LogP contribution in [0.25, 0.3) is 0 Å². The van der Waals surface area contributed by atoms with Gasteiger partial charge in [-0.15, -0.1) is 0 Å². The molecule has 1 rings (SSSR count). The van der Waals surface area contributed by atoms with Gasteiger partial charge < -0.3 is 10.2 Å². The van der Waals surface area contributed by atoms with Gasteiger partial charge in [0.25, 0.3) is 0 Å². The molecule has 1 aromatic rings. The van der Waals surface area contributed by atoms with Crippen LogP contribution in [0.5, 0.6) is 0 Å². The molecule has 0 aliphatic carbocycles. The van der Waals surface area contributed by atoms with Crippen molar-refractivity contribution >= 4 is 21.7 Å². The van der Waals surface area contributed by atoms with E-state index in [1.54, 1.807) is 0 Å². The van der Waals surface area contributed by atoms with Gasteiger partial charge in [-0.1, -0.05) is 0 Å². The molecule has 0 unspecified atom stereocenters. The summed E-state index contributed by atoms with van der Waals surface area (Å²) in [4.78, 5) is 5.62. The molecule has 7 heteroatoms. The normalized spacial score (nSPS) is 11.9. The lowest BCUT2D eigenvalue weighted by Crippen LogP contribution is -2.22. The van der Waals surface area contributed by atoms with E-state index in [1.165, 1.54) is 6.20 Å². The van der Waals surface area contributed by atoms with E-state index >= 15 is 0 Å². The van der Waals surface area contributed by atoms with E-state index in [2.05, 4.69) is 26.2 Å². The van der Waals surface area contributed by atoms with Crippen molar-refractivity contribution in [1.29, 1.82) is 0 Å². The number of anilines is 1. The molecule has 0 amide bonds. The molecule has 1 aromatic heterocycles. The van der Waals surface area contributed by atoms with E-state index in [4.69, 9.17) is 0 Å². The smallest absolute Gasteiger partial charge is 0.368 e. The topological polar surface area (TPSA) is 28.2 Å². The van der Waals surface area contributed by atoms with E-state index in [1.807, 2.05) is 19.0 Å². The van der Waals surface area contributed by atoms with Crippen LogP contribution in [-0.4, -0.2) is 37.1 Å². The number of nitrogens with zero attached hydrogens (tertiary/aromatic N) is 2. The number of nitrogens with one attached hydrogen (secondary N) is 1. The third-order valence-electron chi connectivity index (χ3n) is 2.01. The van der Waals surface area contributed by atoms with Gasteiger partial charge in [-0.3, -0.25) is 0 Å². The Hall–Kier alpha value is -0.820.